The number of likely N-dealkylation sites (N-methyl/N-ethyl adjacent to an activating group) is 1. The Balaban J connectivity index is 1.22. The lowest BCUT2D eigenvalue weighted by Crippen LogP contribution is -2.21. The SMILES string of the molecule is COc1cc(NC(=O)c2cc(=O)c(O)co2)c(C(=O)Nc2ccc(CCN(C)Cc3ccc(-n4ccnc4)cc3)cc2)cc1OC. The maximum atomic E-state index is 13.4. The predicted octanol–water partition coefficient (Wildman–Crippen LogP) is 4.73. The number of nitrogens with one attached hydrogen (secondary N) is 2. The van der Waals surface area contributed by atoms with Crippen molar-refractivity contribution in [3.63, 3.8) is 0 Å². The summed E-state index contributed by atoms with van der Waals surface area (Å²) in [6, 6.07) is 19.6. The van der Waals surface area contributed by atoms with Crippen molar-refractivity contribution in [1.29, 1.82) is 0 Å². The van der Waals surface area contributed by atoms with Gasteiger partial charge in [0.15, 0.2) is 23.0 Å². The van der Waals surface area contributed by atoms with Crippen LogP contribution in [0.5, 0.6) is 17.2 Å². The van der Waals surface area contributed by atoms with Crippen molar-refractivity contribution in [2.75, 3.05) is 38.4 Å². The van der Waals surface area contributed by atoms with E-state index in [4.69, 9.17) is 13.9 Å². The first-order valence-corrected chi connectivity index (χ1v) is 14.3. The van der Waals surface area contributed by atoms with Crippen LogP contribution in [0.2, 0.25) is 0 Å². The van der Waals surface area contributed by atoms with Crippen LogP contribution in [0.3, 0.4) is 0 Å². The van der Waals surface area contributed by atoms with E-state index < -0.39 is 23.0 Å². The largest absolute Gasteiger partial charge is 0.502 e. The molecular weight excluding hydrogens is 590 g/mol. The maximum Gasteiger partial charge on any atom is 0.291 e. The van der Waals surface area contributed by atoms with E-state index in [2.05, 4.69) is 51.8 Å². The fraction of sp³-hybridized carbons (Fsp3) is 0.176. The van der Waals surface area contributed by atoms with Gasteiger partial charge in [-0.15, -0.1) is 0 Å². The summed E-state index contributed by atoms with van der Waals surface area (Å²) in [7, 11) is 4.92. The third-order valence-corrected chi connectivity index (χ3v) is 7.24. The van der Waals surface area contributed by atoms with Crippen LogP contribution in [0.1, 0.15) is 32.0 Å². The molecule has 236 valence electrons. The highest BCUT2D eigenvalue weighted by Gasteiger charge is 2.21. The number of ether oxygens (including phenoxy) is 2. The maximum absolute atomic E-state index is 13.4. The van der Waals surface area contributed by atoms with Crippen LogP contribution < -0.4 is 25.5 Å². The molecule has 0 saturated carbocycles. The predicted molar refractivity (Wildman–Crippen MR) is 172 cm³/mol. The minimum atomic E-state index is -0.806. The van der Waals surface area contributed by atoms with Gasteiger partial charge in [-0.1, -0.05) is 24.3 Å². The quantitative estimate of drug-likeness (QED) is 0.179. The van der Waals surface area contributed by atoms with Gasteiger partial charge in [0.25, 0.3) is 11.8 Å². The van der Waals surface area contributed by atoms with Crippen LogP contribution >= 0.6 is 0 Å². The Morgan fingerprint density at radius 2 is 1.63 bits per heavy atom. The third kappa shape index (κ3) is 7.60. The summed E-state index contributed by atoms with van der Waals surface area (Å²) < 4.78 is 17.7. The molecular formula is C34H33N5O7. The van der Waals surface area contributed by atoms with Crippen LogP contribution in [0.25, 0.3) is 5.69 Å². The fourth-order valence-electron chi connectivity index (χ4n) is 4.73. The van der Waals surface area contributed by atoms with E-state index in [0.29, 0.717) is 5.69 Å². The van der Waals surface area contributed by atoms with Gasteiger partial charge in [0, 0.05) is 49.0 Å². The zero-order chi connectivity index (χ0) is 32.6. The summed E-state index contributed by atoms with van der Waals surface area (Å²) in [6.07, 6.45) is 7.02. The summed E-state index contributed by atoms with van der Waals surface area (Å²) in [4.78, 5) is 44.4. The van der Waals surface area contributed by atoms with E-state index >= 15 is 0 Å². The van der Waals surface area contributed by atoms with E-state index in [9.17, 15) is 19.5 Å². The number of nitrogens with zero attached hydrogens (tertiary/aromatic N) is 3. The molecule has 0 radical (unpaired) electrons. The third-order valence-electron chi connectivity index (χ3n) is 7.24. The second-order valence-electron chi connectivity index (χ2n) is 10.5. The van der Waals surface area contributed by atoms with Gasteiger partial charge < -0.3 is 39.1 Å². The van der Waals surface area contributed by atoms with Crippen LogP contribution in [0.15, 0.2) is 101 Å². The lowest BCUT2D eigenvalue weighted by Gasteiger charge is -2.17. The Kier molecular flexibility index (Phi) is 9.78. The Bertz CT molecular complexity index is 1870. The molecule has 0 bridgehead atoms. The first kappa shape index (κ1) is 31.5. The molecule has 12 nitrogen and oxygen atoms in total. The molecule has 0 fully saturated rings. The van der Waals surface area contributed by atoms with Gasteiger partial charge >= 0.3 is 0 Å². The van der Waals surface area contributed by atoms with E-state index in [1.165, 1.54) is 31.9 Å². The molecule has 0 spiro atoms. The molecule has 5 rings (SSSR count). The summed E-state index contributed by atoms with van der Waals surface area (Å²) in [6.45, 7) is 1.65. The Labute approximate surface area is 264 Å². The number of carbonyl (C=O) groups is 2. The number of hydrogen-bond donors (Lipinski definition) is 3. The molecule has 0 aliphatic heterocycles. The topological polar surface area (TPSA) is 148 Å². The highest BCUT2D eigenvalue weighted by atomic mass is 16.5. The summed E-state index contributed by atoms with van der Waals surface area (Å²) in [5.74, 6) is -1.77. The van der Waals surface area contributed by atoms with E-state index in [-0.39, 0.29) is 28.5 Å². The Morgan fingerprint density at radius 3 is 2.28 bits per heavy atom. The minimum Gasteiger partial charge on any atom is -0.502 e. The second-order valence-corrected chi connectivity index (χ2v) is 10.5. The van der Waals surface area contributed by atoms with Crippen molar-refractivity contribution >= 4 is 23.2 Å². The molecule has 3 aromatic carbocycles. The fourth-order valence-corrected chi connectivity index (χ4v) is 4.73. The van der Waals surface area contributed by atoms with Gasteiger partial charge in [0.2, 0.25) is 5.43 Å². The molecule has 3 N–H and O–H groups in total. The van der Waals surface area contributed by atoms with Crippen molar-refractivity contribution in [3.8, 4) is 22.9 Å². The Morgan fingerprint density at radius 1 is 0.935 bits per heavy atom. The van der Waals surface area contributed by atoms with Crippen molar-refractivity contribution in [2.24, 2.45) is 0 Å². The lowest BCUT2D eigenvalue weighted by molar-refractivity contribution is 0.0993. The van der Waals surface area contributed by atoms with Crippen LogP contribution in [0, 0.1) is 0 Å². The number of aromatic nitrogens is 2. The number of methoxy groups -OCH3 is 2. The number of hydrogen-bond acceptors (Lipinski definition) is 9. The van der Waals surface area contributed by atoms with Crippen molar-refractivity contribution < 1.29 is 28.6 Å². The number of rotatable bonds is 12. The second kappa shape index (κ2) is 14.3. The smallest absolute Gasteiger partial charge is 0.291 e. The number of imidazole rings is 1. The normalized spacial score (nSPS) is 10.9. The van der Waals surface area contributed by atoms with E-state index in [1.807, 2.05) is 35.0 Å². The average Bonchev–Trinajstić information content (AvgIpc) is 3.61. The highest BCUT2D eigenvalue weighted by Crippen LogP contribution is 2.34. The number of amides is 2. The lowest BCUT2D eigenvalue weighted by atomic mass is 10.1. The van der Waals surface area contributed by atoms with Crippen molar-refractivity contribution in [3.05, 3.63) is 124 Å². The summed E-state index contributed by atoms with van der Waals surface area (Å²) >= 11 is 0. The van der Waals surface area contributed by atoms with Crippen LogP contribution in [0.4, 0.5) is 11.4 Å². The van der Waals surface area contributed by atoms with Gasteiger partial charge in [-0.05, 0) is 54.9 Å². The number of anilines is 2. The average molecular weight is 624 g/mol. The number of aromatic hydroxyl groups is 1. The summed E-state index contributed by atoms with van der Waals surface area (Å²) in [5, 5.41) is 14.8. The zero-order valence-corrected chi connectivity index (χ0v) is 25.5. The molecule has 2 amide bonds. The minimum absolute atomic E-state index is 0.0795. The standard InChI is InChI=1S/C34H33N5O7/c1-38(19-23-6-10-25(11-7-23)39-15-13-35-21-39)14-12-22-4-8-24(9-5-22)36-33(42)26-16-30(44-2)31(45-3)17-27(26)37-34(43)32-18-28(40)29(41)20-46-32/h4-11,13,15-18,20-21,41H,12,14,19H2,1-3H3,(H,36,42)(H,37,43). The zero-order valence-electron chi connectivity index (χ0n) is 25.5. The number of benzene rings is 3. The van der Waals surface area contributed by atoms with Gasteiger partial charge in [-0.2, -0.15) is 0 Å². The number of carbonyl (C=O) groups excluding carboxylic acids is 2. The molecule has 0 saturated heterocycles. The molecule has 2 heterocycles. The van der Waals surface area contributed by atoms with Gasteiger partial charge in [-0.25, -0.2) is 4.98 Å². The van der Waals surface area contributed by atoms with Gasteiger partial charge in [0.05, 0.1) is 31.8 Å². The highest BCUT2D eigenvalue weighted by molar-refractivity contribution is 6.12. The van der Waals surface area contributed by atoms with Crippen LogP contribution in [-0.4, -0.2) is 59.2 Å². The monoisotopic (exact) mass is 623 g/mol. The molecule has 12 heteroatoms. The Hall–Kier alpha value is -5.88. The summed E-state index contributed by atoms with van der Waals surface area (Å²) in [5.41, 5.74) is 3.32. The van der Waals surface area contributed by atoms with Crippen molar-refractivity contribution in [1.82, 2.24) is 14.5 Å². The molecule has 0 aliphatic rings. The first-order chi connectivity index (χ1) is 22.2. The molecule has 46 heavy (non-hydrogen) atoms. The molecule has 2 aromatic heterocycles. The van der Waals surface area contributed by atoms with Crippen LogP contribution in [-0.2, 0) is 13.0 Å². The molecule has 0 aliphatic carbocycles. The molecule has 0 atom stereocenters. The van der Waals surface area contributed by atoms with Crippen molar-refractivity contribution in [2.45, 2.75) is 13.0 Å². The van der Waals surface area contributed by atoms with E-state index in [0.717, 1.165) is 43.1 Å². The van der Waals surface area contributed by atoms with Gasteiger partial charge in [-0.3, -0.25) is 14.4 Å². The molecule has 0 unspecified atom stereocenters. The molecule has 5 aromatic rings. The van der Waals surface area contributed by atoms with E-state index in [1.54, 1.807) is 12.5 Å². The van der Waals surface area contributed by atoms with Gasteiger partial charge in [0.1, 0.15) is 6.26 Å². The first-order valence-electron chi connectivity index (χ1n) is 14.3.